The number of carbonyl (C=O) groups excluding carboxylic acids is 1. The average Bonchev–Trinajstić information content (AvgIpc) is 2.28. The third-order valence-corrected chi connectivity index (χ3v) is 2.54. The first-order chi connectivity index (χ1) is 7.65. The highest BCUT2D eigenvalue weighted by molar-refractivity contribution is 9.10. The summed E-state index contributed by atoms with van der Waals surface area (Å²) in [4.78, 5) is 19.5. The molecule has 0 aliphatic rings. The molecular formula is C10H15BrN4O. The Morgan fingerprint density at radius 1 is 1.62 bits per heavy atom. The SMILES string of the molecule is CCCNC(=O)C(C)Nc1ncncc1Br. The normalized spacial score (nSPS) is 11.9. The van der Waals surface area contributed by atoms with Crippen LogP contribution in [0.1, 0.15) is 20.3 Å². The number of hydrogen-bond acceptors (Lipinski definition) is 4. The van der Waals surface area contributed by atoms with Crippen molar-refractivity contribution in [2.75, 3.05) is 11.9 Å². The Labute approximate surface area is 103 Å². The van der Waals surface area contributed by atoms with Crippen molar-refractivity contribution in [3.05, 3.63) is 17.0 Å². The van der Waals surface area contributed by atoms with Gasteiger partial charge in [-0.15, -0.1) is 0 Å². The molecule has 0 fully saturated rings. The van der Waals surface area contributed by atoms with E-state index in [1.165, 1.54) is 6.33 Å². The number of halogens is 1. The van der Waals surface area contributed by atoms with Gasteiger partial charge in [-0.2, -0.15) is 0 Å². The van der Waals surface area contributed by atoms with Gasteiger partial charge in [0.2, 0.25) is 5.91 Å². The van der Waals surface area contributed by atoms with E-state index in [0.29, 0.717) is 12.4 Å². The van der Waals surface area contributed by atoms with E-state index in [2.05, 4.69) is 36.5 Å². The lowest BCUT2D eigenvalue weighted by Crippen LogP contribution is -2.38. The van der Waals surface area contributed by atoms with Gasteiger partial charge in [0, 0.05) is 12.7 Å². The monoisotopic (exact) mass is 286 g/mol. The standard InChI is InChI=1S/C10H15BrN4O/c1-3-4-13-10(16)7(2)15-9-8(11)5-12-6-14-9/h5-7H,3-4H2,1-2H3,(H,13,16)(H,12,14,15). The minimum atomic E-state index is -0.322. The van der Waals surface area contributed by atoms with Crippen molar-refractivity contribution in [3.63, 3.8) is 0 Å². The molecule has 0 aliphatic heterocycles. The van der Waals surface area contributed by atoms with Crippen molar-refractivity contribution >= 4 is 27.7 Å². The largest absolute Gasteiger partial charge is 0.358 e. The van der Waals surface area contributed by atoms with E-state index in [1.54, 1.807) is 13.1 Å². The molecule has 1 atom stereocenters. The quantitative estimate of drug-likeness (QED) is 0.862. The molecule has 5 nitrogen and oxygen atoms in total. The zero-order valence-corrected chi connectivity index (χ0v) is 10.9. The molecule has 88 valence electrons. The Morgan fingerprint density at radius 3 is 3.00 bits per heavy atom. The number of rotatable bonds is 5. The maximum absolute atomic E-state index is 11.6. The summed E-state index contributed by atoms with van der Waals surface area (Å²) < 4.78 is 0.741. The van der Waals surface area contributed by atoms with Crippen molar-refractivity contribution in [1.82, 2.24) is 15.3 Å². The molecule has 1 amide bonds. The number of nitrogens with one attached hydrogen (secondary N) is 2. The van der Waals surface area contributed by atoms with Crippen LogP contribution in [-0.2, 0) is 4.79 Å². The van der Waals surface area contributed by atoms with Crippen molar-refractivity contribution in [2.45, 2.75) is 26.3 Å². The second-order valence-corrected chi connectivity index (χ2v) is 4.23. The van der Waals surface area contributed by atoms with Crippen molar-refractivity contribution in [3.8, 4) is 0 Å². The minimum Gasteiger partial charge on any atom is -0.358 e. The van der Waals surface area contributed by atoms with Gasteiger partial charge in [-0.25, -0.2) is 9.97 Å². The number of nitrogens with zero attached hydrogens (tertiary/aromatic N) is 2. The van der Waals surface area contributed by atoms with Crippen LogP contribution in [-0.4, -0.2) is 28.5 Å². The molecule has 0 spiro atoms. The topological polar surface area (TPSA) is 66.9 Å². The summed E-state index contributed by atoms with van der Waals surface area (Å²) in [7, 11) is 0. The molecule has 1 unspecified atom stereocenters. The molecule has 1 aromatic heterocycles. The average molecular weight is 287 g/mol. The summed E-state index contributed by atoms with van der Waals surface area (Å²) in [6, 6.07) is -0.322. The van der Waals surface area contributed by atoms with Crippen molar-refractivity contribution in [2.24, 2.45) is 0 Å². The highest BCUT2D eigenvalue weighted by Crippen LogP contribution is 2.17. The summed E-state index contributed by atoms with van der Waals surface area (Å²) in [5, 5.41) is 5.82. The smallest absolute Gasteiger partial charge is 0.242 e. The van der Waals surface area contributed by atoms with Crippen LogP contribution >= 0.6 is 15.9 Å². The van der Waals surface area contributed by atoms with Crippen LogP contribution < -0.4 is 10.6 Å². The molecule has 2 N–H and O–H groups in total. The zero-order chi connectivity index (χ0) is 12.0. The third kappa shape index (κ3) is 3.77. The molecule has 0 radical (unpaired) electrons. The van der Waals surface area contributed by atoms with Crippen LogP contribution in [0.4, 0.5) is 5.82 Å². The molecule has 16 heavy (non-hydrogen) atoms. The fourth-order valence-electron chi connectivity index (χ4n) is 1.09. The highest BCUT2D eigenvalue weighted by atomic mass is 79.9. The van der Waals surface area contributed by atoms with Gasteiger partial charge in [-0.05, 0) is 29.3 Å². The van der Waals surface area contributed by atoms with Gasteiger partial charge >= 0.3 is 0 Å². The first-order valence-electron chi connectivity index (χ1n) is 5.15. The maximum atomic E-state index is 11.6. The zero-order valence-electron chi connectivity index (χ0n) is 9.33. The van der Waals surface area contributed by atoms with Crippen LogP contribution in [0, 0.1) is 0 Å². The summed E-state index contributed by atoms with van der Waals surface area (Å²) >= 11 is 3.31. The van der Waals surface area contributed by atoms with Gasteiger partial charge in [0.1, 0.15) is 18.2 Å². The lowest BCUT2D eigenvalue weighted by Gasteiger charge is -2.14. The van der Waals surface area contributed by atoms with E-state index in [-0.39, 0.29) is 11.9 Å². The first-order valence-corrected chi connectivity index (χ1v) is 5.94. The van der Waals surface area contributed by atoms with Gasteiger partial charge in [-0.3, -0.25) is 4.79 Å². The molecule has 1 aromatic rings. The summed E-state index contributed by atoms with van der Waals surface area (Å²) in [6.45, 7) is 4.49. The van der Waals surface area contributed by atoms with Crippen molar-refractivity contribution in [1.29, 1.82) is 0 Å². The van der Waals surface area contributed by atoms with E-state index in [0.717, 1.165) is 10.9 Å². The Balaban J connectivity index is 2.54. The Morgan fingerprint density at radius 2 is 2.38 bits per heavy atom. The van der Waals surface area contributed by atoms with Gasteiger partial charge in [-0.1, -0.05) is 6.92 Å². The van der Waals surface area contributed by atoms with E-state index < -0.39 is 0 Å². The van der Waals surface area contributed by atoms with E-state index in [9.17, 15) is 4.79 Å². The summed E-state index contributed by atoms with van der Waals surface area (Å²) in [6.07, 6.45) is 3.99. The third-order valence-electron chi connectivity index (χ3n) is 1.96. The fourth-order valence-corrected chi connectivity index (χ4v) is 1.43. The molecule has 0 aliphatic carbocycles. The highest BCUT2D eigenvalue weighted by Gasteiger charge is 2.13. The molecule has 1 rings (SSSR count). The second kappa shape index (κ2) is 6.42. The van der Waals surface area contributed by atoms with Crippen molar-refractivity contribution < 1.29 is 4.79 Å². The van der Waals surface area contributed by atoms with Crippen LogP contribution in [0.25, 0.3) is 0 Å². The number of anilines is 1. The van der Waals surface area contributed by atoms with E-state index in [4.69, 9.17) is 0 Å². The molecule has 0 saturated heterocycles. The molecule has 0 aromatic carbocycles. The van der Waals surface area contributed by atoms with Crippen LogP contribution in [0.3, 0.4) is 0 Å². The predicted molar refractivity (Wildman–Crippen MR) is 66.1 cm³/mol. The van der Waals surface area contributed by atoms with Gasteiger partial charge in [0.15, 0.2) is 0 Å². The van der Waals surface area contributed by atoms with Crippen LogP contribution in [0.15, 0.2) is 17.0 Å². The molecule has 6 heteroatoms. The fraction of sp³-hybridized carbons (Fsp3) is 0.500. The lowest BCUT2D eigenvalue weighted by atomic mass is 10.3. The lowest BCUT2D eigenvalue weighted by molar-refractivity contribution is -0.121. The van der Waals surface area contributed by atoms with E-state index >= 15 is 0 Å². The Hall–Kier alpha value is -1.17. The summed E-state index contributed by atoms with van der Waals surface area (Å²) in [5.74, 6) is 0.585. The molecular weight excluding hydrogens is 272 g/mol. The van der Waals surface area contributed by atoms with E-state index in [1.807, 2.05) is 6.92 Å². The number of amides is 1. The Bertz CT molecular complexity index is 358. The predicted octanol–water partition coefficient (Wildman–Crippen LogP) is 1.57. The molecule has 0 saturated carbocycles. The molecule has 0 bridgehead atoms. The minimum absolute atomic E-state index is 0.0348. The summed E-state index contributed by atoms with van der Waals surface area (Å²) in [5.41, 5.74) is 0. The second-order valence-electron chi connectivity index (χ2n) is 3.38. The Kier molecular flexibility index (Phi) is 5.18. The molecule has 1 heterocycles. The number of carbonyl (C=O) groups is 1. The van der Waals surface area contributed by atoms with Gasteiger partial charge in [0.25, 0.3) is 0 Å². The van der Waals surface area contributed by atoms with Gasteiger partial charge in [0.05, 0.1) is 4.47 Å². The van der Waals surface area contributed by atoms with Crippen LogP contribution in [0.5, 0.6) is 0 Å². The van der Waals surface area contributed by atoms with Crippen LogP contribution in [0.2, 0.25) is 0 Å². The number of hydrogen-bond donors (Lipinski definition) is 2. The number of aromatic nitrogens is 2. The maximum Gasteiger partial charge on any atom is 0.242 e. The van der Waals surface area contributed by atoms with Gasteiger partial charge < -0.3 is 10.6 Å². The first kappa shape index (κ1) is 12.9.